The van der Waals surface area contributed by atoms with Crippen molar-refractivity contribution in [2.45, 2.75) is 12.6 Å². The SMILES string of the molecule is O=C(CNC(=O)[C@@H]1COc2ccccc2O1)N=Nc1c(O)n(Cc2ccc3c(c2)OCO3)c2ccccc12. The molecule has 1 aromatic heterocycles. The molecular formula is C27H22N4O7. The van der Waals surface area contributed by atoms with Gasteiger partial charge in [0.2, 0.25) is 18.8 Å². The number of aromatic nitrogens is 1. The van der Waals surface area contributed by atoms with Crippen molar-refractivity contribution < 1.29 is 33.6 Å². The first kappa shape index (κ1) is 23.3. The molecule has 3 heterocycles. The third kappa shape index (κ3) is 4.45. The zero-order chi connectivity index (χ0) is 26.1. The molecule has 0 aliphatic carbocycles. The maximum absolute atomic E-state index is 12.5. The number of fused-ring (bicyclic) bond motifs is 3. The minimum Gasteiger partial charge on any atom is -0.493 e. The molecule has 192 valence electrons. The van der Waals surface area contributed by atoms with Crippen LogP contribution in [0.2, 0.25) is 0 Å². The van der Waals surface area contributed by atoms with Gasteiger partial charge in [-0.3, -0.25) is 9.59 Å². The summed E-state index contributed by atoms with van der Waals surface area (Å²) in [6.07, 6.45) is -0.896. The van der Waals surface area contributed by atoms with Crippen LogP contribution < -0.4 is 24.3 Å². The van der Waals surface area contributed by atoms with Crippen LogP contribution in [-0.4, -0.2) is 47.5 Å². The lowest BCUT2D eigenvalue weighted by atomic mass is 10.2. The highest BCUT2D eigenvalue weighted by Gasteiger charge is 2.27. The Labute approximate surface area is 216 Å². The summed E-state index contributed by atoms with van der Waals surface area (Å²) in [6.45, 7) is 0.135. The van der Waals surface area contributed by atoms with Crippen molar-refractivity contribution in [1.82, 2.24) is 9.88 Å². The van der Waals surface area contributed by atoms with E-state index in [-0.39, 0.29) is 31.5 Å². The molecule has 0 saturated carbocycles. The number of carbonyl (C=O) groups is 2. The van der Waals surface area contributed by atoms with Gasteiger partial charge >= 0.3 is 0 Å². The number of hydrogen-bond donors (Lipinski definition) is 2. The molecule has 2 N–H and O–H groups in total. The molecule has 0 spiro atoms. The van der Waals surface area contributed by atoms with Crippen molar-refractivity contribution in [2.75, 3.05) is 19.9 Å². The Kier molecular flexibility index (Phi) is 6.00. The van der Waals surface area contributed by atoms with Crippen molar-refractivity contribution in [3.8, 4) is 28.9 Å². The number of nitrogens with one attached hydrogen (secondary N) is 1. The van der Waals surface area contributed by atoms with Gasteiger partial charge < -0.3 is 33.9 Å². The Morgan fingerprint density at radius 1 is 0.947 bits per heavy atom. The first-order valence-electron chi connectivity index (χ1n) is 11.9. The molecule has 4 aromatic rings. The molecule has 0 bridgehead atoms. The van der Waals surface area contributed by atoms with E-state index >= 15 is 0 Å². The van der Waals surface area contributed by atoms with Crippen molar-refractivity contribution >= 4 is 28.4 Å². The van der Waals surface area contributed by atoms with Crippen LogP contribution in [0.4, 0.5) is 5.69 Å². The number of ether oxygens (including phenoxy) is 4. The maximum Gasteiger partial charge on any atom is 0.283 e. The second-order valence-corrected chi connectivity index (χ2v) is 8.64. The normalized spacial score (nSPS) is 15.6. The van der Waals surface area contributed by atoms with E-state index in [1.807, 2.05) is 30.3 Å². The molecular weight excluding hydrogens is 492 g/mol. The van der Waals surface area contributed by atoms with E-state index in [0.29, 0.717) is 40.4 Å². The monoisotopic (exact) mass is 514 g/mol. The summed E-state index contributed by atoms with van der Waals surface area (Å²) in [4.78, 5) is 24.9. The Balaban J connectivity index is 1.14. The quantitative estimate of drug-likeness (QED) is 0.375. The van der Waals surface area contributed by atoms with E-state index in [1.165, 1.54) is 0 Å². The van der Waals surface area contributed by atoms with Gasteiger partial charge in [-0.15, -0.1) is 10.2 Å². The van der Waals surface area contributed by atoms with Crippen LogP contribution in [0.1, 0.15) is 5.56 Å². The average molecular weight is 514 g/mol. The second-order valence-electron chi connectivity index (χ2n) is 8.64. The highest BCUT2D eigenvalue weighted by atomic mass is 16.7. The first-order valence-corrected chi connectivity index (χ1v) is 11.9. The van der Waals surface area contributed by atoms with E-state index in [1.54, 1.807) is 41.0 Å². The summed E-state index contributed by atoms with van der Waals surface area (Å²) < 4.78 is 23.7. The molecule has 1 atom stereocenters. The Hall–Kier alpha value is -5.06. The van der Waals surface area contributed by atoms with Crippen molar-refractivity contribution in [1.29, 1.82) is 0 Å². The van der Waals surface area contributed by atoms with E-state index in [2.05, 4.69) is 15.5 Å². The largest absolute Gasteiger partial charge is 0.493 e. The third-order valence-electron chi connectivity index (χ3n) is 6.17. The molecule has 6 rings (SSSR count). The number of nitrogens with zero attached hydrogens (tertiary/aromatic N) is 3. The second kappa shape index (κ2) is 9.77. The number of hydrogen-bond acceptors (Lipinski definition) is 8. The van der Waals surface area contributed by atoms with Crippen LogP contribution in [-0.2, 0) is 16.1 Å². The highest BCUT2D eigenvalue weighted by Crippen LogP contribution is 2.40. The Bertz CT molecular complexity index is 1580. The molecule has 0 unspecified atom stereocenters. The van der Waals surface area contributed by atoms with E-state index in [9.17, 15) is 14.7 Å². The van der Waals surface area contributed by atoms with Crippen LogP contribution in [0.5, 0.6) is 28.9 Å². The molecule has 11 nitrogen and oxygen atoms in total. The van der Waals surface area contributed by atoms with Crippen LogP contribution in [0.25, 0.3) is 10.9 Å². The van der Waals surface area contributed by atoms with Gasteiger partial charge in [0.1, 0.15) is 13.2 Å². The fourth-order valence-corrected chi connectivity index (χ4v) is 4.32. The van der Waals surface area contributed by atoms with Crippen LogP contribution in [0, 0.1) is 0 Å². The van der Waals surface area contributed by atoms with Gasteiger partial charge in [-0.05, 0) is 35.9 Å². The van der Waals surface area contributed by atoms with E-state index in [4.69, 9.17) is 18.9 Å². The lowest BCUT2D eigenvalue weighted by Gasteiger charge is -2.25. The summed E-state index contributed by atoms with van der Waals surface area (Å²) >= 11 is 0. The summed E-state index contributed by atoms with van der Waals surface area (Å²) in [6, 6.07) is 19.8. The smallest absolute Gasteiger partial charge is 0.283 e. The van der Waals surface area contributed by atoms with Crippen LogP contribution in [0.3, 0.4) is 0 Å². The molecule has 3 aromatic carbocycles. The number of azo groups is 1. The minimum atomic E-state index is -0.896. The maximum atomic E-state index is 12.5. The molecule has 0 fully saturated rings. The zero-order valence-corrected chi connectivity index (χ0v) is 20.0. The first-order chi connectivity index (χ1) is 18.6. The topological polar surface area (TPSA) is 133 Å². The fraction of sp³-hybridized carbons (Fsp3) is 0.185. The predicted octanol–water partition coefficient (Wildman–Crippen LogP) is 3.69. The lowest BCUT2D eigenvalue weighted by molar-refractivity contribution is -0.132. The molecule has 2 aliphatic rings. The van der Waals surface area contributed by atoms with Gasteiger partial charge in [-0.1, -0.05) is 36.4 Å². The third-order valence-corrected chi connectivity index (χ3v) is 6.17. The number of benzene rings is 3. The zero-order valence-electron chi connectivity index (χ0n) is 20.0. The van der Waals surface area contributed by atoms with Crippen molar-refractivity contribution in [3.05, 3.63) is 72.3 Å². The molecule has 38 heavy (non-hydrogen) atoms. The highest BCUT2D eigenvalue weighted by molar-refractivity contribution is 5.95. The minimum absolute atomic E-state index is 0.0231. The number of amides is 2. The number of aromatic hydroxyl groups is 1. The van der Waals surface area contributed by atoms with Gasteiger partial charge in [0.15, 0.2) is 28.7 Å². The molecule has 0 radical (unpaired) electrons. The van der Waals surface area contributed by atoms with Crippen molar-refractivity contribution in [2.24, 2.45) is 10.2 Å². The average Bonchev–Trinajstić information content (AvgIpc) is 3.52. The van der Waals surface area contributed by atoms with Crippen LogP contribution >= 0.6 is 0 Å². The molecule has 2 aliphatic heterocycles. The standard InChI is InChI=1S/C27H22N4O7/c32-24(12-28-26(33)23-14-35-19-7-3-4-8-21(19)38-23)29-30-25-17-5-1-2-6-18(17)31(27(25)34)13-16-9-10-20-22(11-16)37-15-36-20/h1-11,23,34H,12-15H2,(H,28,33)/t23-/m0/s1. The Morgan fingerprint density at radius 3 is 2.61 bits per heavy atom. The molecule has 0 saturated heterocycles. The summed E-state index contributed by atoms with van der Waals surface area (Å²) in [5.41, 5.74) is 1.75. The predicted molar refractivity (Wildman–Crippen MR) is 134 cm³/mol. The Morgan fingerprint density at radius 2 is 1.71 bits per heavy atom. The fourth-order valence-electron chi connectivity index (χ4n) is 4.32. The summed E-state index contributed by atoms with van der Waals surface area (Å²) in [7, 11) is 0. The molecule has 11 heteroatoms. The molecule has 2 amide bonds. The summed E-state index contributed by atoms with van der Waals surface area (Å²) in [5.74, 6) is 0.976. The van der Waals surface area contributed by atoms with Crippen molar-refractivity contribution in [3.63, 3.8) is 0 Å². The number of carbonyl (C=O) groups excluding carboxylic acids is 2. The van der Waals surface area contributed by atoms with E-state index < -0.39 is 17.9 Å². The van der Waals surface area contributed by atoms with Gasteiger partial charge in [0.25, 0.3) is 11.8 Å². The lowest BCUT2D eigenvalue weighted by Crippen LogP contribution is -2.45. The van der Waals surface area contributed by atoms with Gasteiger partial charge in [0.05, 0.1) is 12.1 Å². The van der Waals surface area contributed by atoms with E-state index in [0.717, 1.165) is 5.56 Å². The van der Waals surface area contributed by atoms with Gasteiger partial charge in [0, 0.05) is 5.39 Å². The summed E-state index contributed by atoms with van der Waals surface area (Å²) in [5, 5.41) is 21.8. The van der Waals surface area contributed by atoms with Gasteiger partial charge in [-0.2, -0.15) is 0 Å². The van der Waals surface area contributed by atoms with Gasteiger partial charge in [-0.25, -0.2) is 0 Å². The number of rotatable bonds is 6. The van der Waals surface area contributed by atoms with Crippen LogP contribution in [0.15, 0.2) is 77.0 Å². The number of para-hydroxylation sites is 3.